The molecule has 2 aromatic carbocycles. The maximum Gasteiger partial charge on any atom is 0.127 e. The van der Waals surface area contributed by atoms with Crippen molar-refractivity contribution in [2.24, 2.45) is 0 Å². The Bertz CT molecular complexity index is 1630. The van der Waals surface area contributed by atoms with Crippen LogP contribution in [-0.2, 0) is 0 Å². The van der Waals surface area contributed by atoms with Crippen molar-refractivity contribution in [3.63, 3.8) is 0 Å². The van der Waals surface area contributed by atoms with Gasteiger partial charge < -0.3 is 20.6 Å². The number of nitrogens with one attached hydrogen (secondary N) is 4. The van der Waals surface area contributed by atoms with E-state index in [-0.39, 0.29) is 12.1 Å². The molecule has 2 aromatic heterocycles. The van der Waals surface area contributed by atoms with Gasteiger partial charge in [-0.3, -0.25) is 0 Å². The zero-order valence-corrected chi connectivity index (χ0v) is 22.5. The van der Waals surface area contributed by atoms with E-state index < -0.39 is 0 Å². The van der Waals surface area contributed by atoms with Crippen molar-refractivity contribution in [3.05, 3.63) is 94.9 Å². The van der Waals surface area contributed by atoms with E-state index in [0.29, 0.717) is 11.8 Å². The van der Waals surface area contributed by atoms with Crippen LogP contribution in [0.4, 0.5) is 0 Å². The summed E-state index contributed by atoms with van der Waals surface area (Å²) in [5.41, 5.74) is 13.3. The predicted molar refractivity (Wildman–Crippen MR) is 155 cm³/mol. The van der Waals surface area contributed by atoms with E-state index in [1.54, 1.807) is 11.1 Å². The van der Waals surface area contributed by atoms with Gasteiger partial charge in [-0.1, -0.05) is 59.7 Å². The van der Waals surface area contributed by atoms with Crippen molar-refractivity contribution in [1.29, 1.82) is 0 Å². The van der Waals surface area contributed by atoms with Gasteiger partial charge in [-0.25, -0.2) is 9.97 Å². The Morgan fingerprint density at radius 3 is 1.79 bits per heavy atom. The van der Waals surface area contributed by atoms with Gasteiger partial charge in [0, 0.05) is 18.7 Å². The molecule has 2 aliphatic carbocycles. The average molecular weight is 515 g/mol. The monoisotopic (exact) mass is 514 g/mol. The number of H-pyrrole nitrogens is 2. The Morgan fingerprint density at radius 2 is 1.18 bits per heavy atom. The largest absolute Gasteiger partial charge is 0.340 e. The van der Waals surface area contributed by atoms with Crippen LogP contribution in [0.5, 0.6) is 0 Å². The summed E-state index contributed by atoms with van der Waals surface area (Å²) in [5.74, 6) is 3.31. The van der Waals surface area contributed by atoms with Crippen molar-refractivity contribution in [3.8, 4) is 33.6 Å². The van der Waals surface area contributed by atoms with Gasteiger partial charge in [0.25, 0.3) is 0 Å². The van der Waals surface area contributed by atoms with Crippen molar-refractivity contribution in [1.82, 2.24) is 30.6 Å². The molecule has 4 aliphatic rings. The van der Waals surface area contributed by atoms with Gasteiger partial charge in [-0.15, -0.1) is 0 Å². The highest BCUT2D eigenvalue weighted by Gasteiger charge is 2.40. The van der Waals surface area contributed by atoms with E-state index in [1.807, 2.05) is 12.4 Å². The summed E-state index contributed by atoms with van der Waals surface area (Å²) in [7, 11) is 0. The number of imidazole rings is 2. The number of aromatic nitrogens is 4. The van der Waals surface area contributed by atoms with Gasteiger partial charge in [0.1, 0.15) is 11.6 Å². The second-order valence-corrected chi connectivity index (χ2v) is 11.9. The highest BCUT2D eigenvalue weighted by molar-refractivity contribution is 5.80. The van der Waals surface area contributed by atoms with Gasteiger partial charge in [-0.05, 0) is 72.8 Å². The fourth-order valence-electron chi connectivity index (χ4n) is 7.31. The van der Waals surface area contributed by atoms with Gasteiger partial charge >= 0.3 is 0 Å². The van der Waals surface area contributed by atoms with Gasteiger partial charge in [-0.2, -0.15) is 0 Å². The molecule has 2 aliphatic heterocycles. The molecule has 4 unspecified atom stereocenters. The van der Waals surface area contributed by atoms with Crippen LogP contribution in [0.1, 0.15) is 79.8 Å². The third kappa shape index (κ3) is 3.85. The minimum Gasteiger partial charge on any atom is -0.340 e. The Kier molecular flexibility index (Phi) is 5.29. The number of aromatic amines is 2. The van der Waals surface area contributed by atoms with Crippen molar-refractivity contribution in [2.45, 2.75) is 57.0 Å². The highest BCUT2D eigenvalue weighted by atomic mass is 15.0. The van der Waals surface area contributed by atoms with Gasteiger partial charge in [0.15, 0.2) is 0 Å². The van der Waals surface area contributed by atoms with Crippen LogP contribution in [-0.4, -0.2) is 33.0 Å². The fraction of sp³-hybridized carbons (Fsp3) is 0.333. The number of hydrogen-bond acceptors (Lipinski definition) is 4. The molecule has 39 heavy (non-hydrogen) atoms. The SMILES string of the molecule is CC1=CC(c2ncc(-c3ccc(-c4ccc(-c5cnc(C6C=C(C)CN6)[nH]5)c5c4C4CCC5C4)cc3)[nH]2)NC1. The molecule has 1 fully saturated rings. The highest BCUT2D eigenvalue weighted by Crippen LogP contribution is 2.58. The number of nitrogens with zero attached hydrogens (tertiary/aromatic N) is 2. The lowest BCUT2D eigenvalue weighted by molar-refractivity contribution is 0.673. The zero-order chi connectivity index (χ0) is 26.1. The first-order chi connectivity index (χ1) is 19.1. The van der Waals surface area contributed by atoms with E-state index in [9.17, 15) is 0 Å². The third-order valence-corrected chi connectivity index (χ3v) is 9.22. The number of benzene rings is 2. The quantitative estimate of drug-likeness (QED) is 0.224. The minimum absolute atomic E-state index is 0.176. The van der Waals surface area contributed by atoms with E-state index in [4.69, 9.17) is 4.98 Å². The molecular formula is C33H34N6. The number of fused-ring (bicyclic) bond motifs is 5. The summed E-state index contributed by atoms with van der Waals surface area (Å²) in [4.78, 5) is 16.6. The number of hydrogen-bond donors (Lipinski definition) is 4. The second-order valence-electron chi connectivity index (χ2n) is 11.9. The van der Waals surface area contributed by atoms with Gasteiger partial charge in [0.05, 0.1) is 35.9 Å². The lowest BCUT2D eigenvalue weighted by Crippen LogP contribution is -2.15. The van der Waals surface area contributed by atoms with Crippen LogP contribution in [0.25, 0.3) is 33.6 Å². The van der Waals surface area contributed by atoms with Crippen molar-refractivity contribution >= 4 is 0 Å². The van der Waals surface area contributed by atoms with Crippen molar-refractivity contribution in [2.75, 3.05) is 13.1 Å². The predicted octanol–water partition coefficient (Wildman–Crippen LogP) is 6.68. The first-order valence-electron chi connectivity index (χ1n) is 14.3. The van der Waals surface area contributed by atoms with E-state index in [0.717, 1.165) is 36.1 Å². The topological polar surface area (TPSA) is 81.4 Å². The molecule has 4 N–H and O–H groups in total. The van der Waals surface area contributed by atoms with Crippen LogP contribution in [0, 0.1) is 0 Å². The maximum absolute atomic E-state index is 4.77. The summed E-state index contributed by atoms with van der Waals surface area (Å²) in [6.45, 7) is 6.19. The fourth-order valence-corrected chi connectivity index (χ4v) is 7.31. The van der Waals surface area contributed by atoms with Crippen LogP contribution in [0.3, 0.4) is 0 Å². The van der Waals surface area contributed by atoms with E-state index in [2.05, 4.69) is 88.0 Å². The molecule has 6 heteroatoms. The second kappa shape index (κ2) is 8.90. The molecule has 0 amide bonds. The first-order valence-corrected chi connectivity index (χ1v) is 14.3. The molecule has 196 valence electrons. The molecule has 2 bridgehead atoms. The Labute approximate surface area is 229 Å². The molecule has 0 spiro atoms. The summed E-state index contributed by atoms with van der Waals surface area (Å²) in [6, 6.07) is 14.1. The number of rotatable bonds is 5. The molecule has 4 aromatic rings. The van der Waals surface area contributed by atoms with Crippen molar-refractivity contribution < 1.29 is 0 Å². The van der Waals surface area contributed by atoms with Crippen LogP contribution in [0.15, 0.2) is 72.1 Å². The lowest BCUT2D eigenvalue weighted by atomic mass is 9.82. The smallest absolute Gasteiger partial charge is 0.127 e. The van der Waals surface area contributed by atoms with E-state index in [1.165, 1.54) is 52.7 Å². The van der Waals surface area contributed by atoms with Crippen LogP contribution >= 0.6 is 0 Å². The minimum atomic E-state index is 0.176. The standard InChI is InChI=1S/C33H34N6/c1-18-11-26(34-14-18)32-36-16-28(38-32)21-5-3-20(4-6-21)24-9-10-25(31-23-8-7-22(13-23)30(24)31)29-17-37-33(39-29)27-12-19(2)15-35-27/h3-6,9-12,16-17,22-23,26-27,34-35H,7-8,13-15H2,1-2H3,(H,36,38)(H,37,39). The molecule has 4 atom stereocenters. The summed E-state index contributed by atoms with van der Waals surface area (Å²) >= 11 is 0. The summed E-state index contributed by atoms with van der Waals surface area (Å²) < 4.78 is 0. The summed E-state index contributed by atoms with van der Waals surface area (Å²) in [5, 5.41) is 7.02. The summed E-state index contributed by atoms with van der Waals surface area (Å²) in [6.07, 6.45) is 12.4. The van der Waals surface area contributed by atoms with Crippen LogP contribution in [0.2, 0.25) is 0 Å². The Hall–Kier alpha value is -3.74. The van der Waals surface area contributed by atoms with Crippen LogP contribution < -0.4 is 10.6 Å². The molecule has 1 saturated carbocycles. The van der Waals surface area contributed by atoms with Gasteiger partial charge in [0.2, 0.25) is 0 Å². The molecule has 0 radical (unpaired) electrons. The molecular weight excluding hydrogens is 480 g/mol. The maximum atomic E-state index is 4.77. The molecule has 4 heterocycles. The third-order valence-electron chi connectivity index (χ3n) is 9.22. The molecule has 8 rings (SSSR count). The first kappa shape index (κ1) is 23.2. The average Bonchev–Trinajstić information content (AvgIpc) is 3.79. The normalized spacial score (nSPS) is 25.3. The zero-order valence-electron chi connectivity index (χ0n) is 22.5. The molecule has 0 saturated heterocycles. The Balaban J connectivity index is 1.12. The van der Waals surface area contributed by atoms with E-state index >= 15 is 0 Å². The Morgan fingerprint density at radius 1 is 0.641 bits per heavy atom. The lowest BCUT2D eigenvalue weighted by Gasteiger charge is -2.22. The molecule has 6 nitrogen and oxygen atoms in total.